The van der Waals surface area contributed by atoms with E-state index in [2.05, 4.69) is 155 Å². The fourth-order valence-corrected chi connectivity index (χ4v) is 8.20. The largest absolute Gasteiger partial charge is 0.456 e. The first-order chi connectivity index (χ1) is 24.3. The van der Waals surface area contributed by atoms with Crippen molar-refractivity contribution in [2.45, 2.75) is 0 Å². The topological polar surface area (TPSA) is 28.4 Å². The highest BCUT2D eigenvalue weighted by Gasteiger charge is 2.19. The molecule has 2 aromatic heterocycles. The Morgan fingerprint density at radius 2 is 1.14 bits per heavy atom. The molecule has 0 unspecified atom stereocenters. The molecule has 0 aliphatic carbocycles. The summed E-state index contributed by atoms with van der Waals surface area (Å²) in [5.41, 5.74) is 15.1. The van der Waals surface area contributed by atoms with Crippen molar-refractivity contribution in [3.63, 3.8) is 0 Å². The lowest BCUT2D eigenvalue weighted by atomic mass is 10.0. The van der Waals surface area contributed by atoms with Gasteiger partial charge in [-0.2, -0.15) is 0 Å². The monoisotopic (exact) mass is 644 g/mol. The quantitative estimate of drug-likeness (QED) is 0.189. The minimum atomic E-state index is 0.907. The molecule has 1 N–H and O–H groups in total. The predicted octanol–water partition coefficient (Wildman–Crippen LogP) is 13.3. The van der Waals surface area contributed by atoms with E-state index in [1.54, 1.807) is 0 Å². The van der Waals surface area contributed by atoms with Crippen LogP contribution in [-0.2, 0) is 0 Å². The van der Waals surface area contributed by atoms with Gasteiger partial charge in [0.25, 0.3) is 0 Å². The minimum Gasteiger partial charge on any atom is -0.456 e. The van der Waals surface area contributed by atoms with E-state index in [0.717, 1.165) is 61.4 Å². The zero-order chi connectivity index (χ0) is 32.3. The van der Waals surface area contributed by atoms with Crippen LogP contribution in [-0.4, -0.2) is 0 Å². The number of hydrogen-bond acceptors (Lipinski definition) is 4. The van der Waals surface area contributed by atoms with Gasteiger partial charge in [0.2, 0.25) is 0 Å². The van der Waals surface area contributed by atoms with Crippen LogP contribution < -0.4 is 10.2 Å². The Balaban J connectivity index is 1.05. The molecular formula is C45H28N2OS. The molecular weight excluding hydrogens is 617 g/mol. The van der Waals surface area contributed by atoms with Crippen LogP contribution >= 0.6 is 11.3 Å². The van der Waals surface area contributed by atoms with Crippen LogP contribution in [0.5, 0.6) is 0 Å². The molecule has 0 amide bonds. The average Bonchev–Trinajstić information content (AvgIpc) is 3.73. The Bertz CT molecular complexity index is 2620. The van der Waals surface area contributed by atoms with Crippen molar-refractivity contribution in [2.24, 2.45) is 0 Å². The highest BCUT2D eigenvalue weighted by atomic mass is 32.1. The molecule has 49 heavy (non-hydrogen) atoms. The van der Waals surface area contributed by atoms with Crippen molar-refractivity contribution in [3.05, 3.63) is 169 Å². The second-order valence-corrected chi connectivity index (χ2v) is 13.5. The van der Waals surface area contributed by atoms with Crippen LogP contribution in [0.1, 0.15) is 5.56 Å². The summed E-state index contributed by atoms with van der Waals surface area (Å²) in [7, 11) is 0. The summed E-state index contributed by atoms with van der Waals surface area (Å²) in [5.74, 6) is 0. The van der Waals surface area contributed by atoms with Crippen LogP contribution in [0.15, 0.2) is 168 Å². The summed E-state index contributed by atoms with van der Waals surface area (Å²) in [6.07, 6.45) is 3.90. The molecule has 0 spiro atoms. The lowest BCUT2D eigenvalue weighted by Gasteiger charge is -2.29. The molecule has 3 nitrogen and oxygen atoms in total. The third kappa shape index (κ3) is 4.66. The van der Waals surface area contributed by atoms with Crippen molar-refractivity contribution < 1.29 is 4.42 Å². The molecule has 0 bridgehead atoms. The molecule has 7 aromatic carbocycles. The number of nitrogens with one attached hydrogen (secondary N) is 1. The second-order valence-electron chi connectivity index (χ2n) is 12.4. The fraction of sp³-hybridized carbons (Fsp3) is 0. The molecule has 0 saturated carbocycles. The van der Waals surface area contributed by atoms with Gasteiger partial charge in [-0.1, -0.05) is 84.9 Å². The van der Waals surface area contributed by atoms with Gasteiger partial charge in [-0.3, -0.25) is 0 Å². The van der Waals surface area contributed by atoms with E-state index >= 15 is 0 Å². The summed E-state index contributed by atoms with van der Waals surface area (Å²) < 4.78 is 8.73. The van der Waals surface area contributed by atoms with E-state index in [0.29, 0.717) is 0 Å². The predicted molar refractivity (Wildman–Crippen MR) is 208 cm³/mol. The third-order valence-electron chi connectivity index (χ3n) is 9.53. The average molecular weight is 645 g/mol. The molecule has 1 aliphatic rings. The summed E-state index contributed by atoms with van der Waals surface area (Å²) >= 11 is 1.85. The molecule has 0 atom stereocenters. The number of rotatable bonds is 5. The SMILES string of the molecule is C1=CNc2c(cccc2N(c2ccc(-c3ccc4oc5ccccc5c4c3)cc2)c2ccc(-c3ccc4sc5ccccc5c4c3)cc2)C=1. The van der Waals surface area contributed by atoms with Crippen molar-refractivity contribution in [3.8, 4) is 22.3 Å². The molecule has 4 heteroatoms. The molecule has 0 fully saturated rings. The number of hydrogen-bond donors (Lipinski definition) is 1. The summed E-state index contributed by atoms with van der Waals surface area (Å²) in [6.45, 7) is 0. The van der Waals surface area contributed by atoms with Gasteiger partial charge in [0.1, 0.15) is 11.2 Å². The Hall–Kier alpha value is -6.32. The second kappa shape index (κ2) is 11.1. The first-order valence-corrected chi connectivity index (χ1v) is 17.2. The van der Waals surface area contributed by atoms with Gasteiger partial charge in [0.15, 0.2) is 0 Å². The van der Waals surface area contributed by atoms with Gasteiger partial charge in [-0.05, 0) is 95.1 Å². The number of fused-ring (bicyclic) bond motifs is 7. The number of nitrogens with zero attached hydrogens (tertiary/aromatic N) is 1. The molecule has 230 valence electrons. The Morgan fingerprint density at radius 1 is 0.510 bits per heavy atom. The van der Waals surface area contributed by atoms with Gasteiger partial charge in [-0.25, -0.2) is 0 Å². The first kappa shape index (κ1) is 27.8. The highest BCUT2D eigenvalue weighted by molar-refractivity contribution is 7.25. The molecule has 9 aromatic rings. The van der Waals surface area contributed by atoms with Crippen LogP contribution in [0.2, 0.25) is 0 Å². The van der Waals surface area contributed by atoms with E-state index in [4.69, 9.17) is 4.42 Å². The van der Waals surface area contributed by atoms with E-state index in [1.165, 1.54) is 31.3 Å². The number of anilines is 4. The van der Waals surface area contributed by atoms with Crippen LogP contribution in [0.4, 0.5) is 22.7 Å². The van der Waals surface area contributed by atoms with Crippen molar-refractivity contribution in [1.82, 2.24) is 0 Å². The highest BCUT2D eigenvalue weighted by Crippen LogP contribution is 2.43. The number of benzene rings is 7. The maximum absolute atomic E-state index is 6.08. The van der Waals surface area contributed by atoms with Crippen molar-refractivity contribution >= 4 is 82.3 Å². The lowest BCUT2D eigenvalue weighted by molar-refractivity contribution is 0.669. The third-order valence-corrected chi connectivity index (χ3v) is 10.7. The smallest absolute Gasteiger partial charge is 0.135 e. The van der Waals surface area contributed by atoms with E-state index in [1.807, 2.05) is 35.7 Å². The van der Waals surface area contributed by atoms with Crippen molar-refractivity contribution in [1.29, 1.82) is 0 Å². The summed E-state index contributed by atoms with van der Waals surface area (Å²) in [6, 6.07) is 54.4. The molecule has 10 rings (SSSR count). The zero-order valence-electron chi connectivity index (χ0n) is 26.4. The molecule has 1 aliphatic heterocycles. The van der Waals surface area contributed by atoms with E-state index in [-0.39, 0.29) is 0 Å². The Labute approximate surface area is 287 Å². The molecule has 0 saturated heterocycles. The minimum absolute atomic E-state index is 0.907. The van der Waals surface area contributed by atoms with Gasteiger partial charge in [0, 0.05) is 54.1 Å². The van der Waals surface area contributed by atoms with Gasteiger partial charge in [-0.15, -0.1) is 17.1 Å². The maximum Gasteiger partial charge on any atom is 0.135 e. The van der Waals surface area contributed by atoms with Crippen LogP contribution in [0.25, 0.3) is 70.4 Å². The standard InChI is InChI=1S/C45H28N2OS/c1-3-12-41-36(9-1)38-27-32(18-24-42(38)48-41)29-14-20-34(21-15-29)47(40-11-5-7-31-8-6-26-46-45(31)40)35-22-16-30(17-23-35)33-19-25-44-39(28-33)37-10-2-4-13-43(37)49-44/h1-5,7-28,46H. The Kier molecular flexibility index (Phi) is 6.31. The zero-order valence-corrected chi connectivity index (χ0v) is 27.2. The first-order valence-electron chi connectivity index (χ1n) is 16.4. The van der Waals surface area contributed by atoms with Crippen LogP contribution in [0.3, 0.4) is 0 Å². The normalized spacial score (nSPS) is 12.2. The van der Waals surface area contributed by atoms with Crippen LogP contribution in [0, 0.1) is 0 Å². The number of furan rings is 1. The van der Waals surface area contributed by atoms with Gasteiger partial charge >= 0.3 is 0 Å². The summed E-state index contributed by atoms with van der Waals surface area (Å²) in [4.78, 5) is 2.33. The number of thiophene rings is 1. The lowest BCUT2D eigenvalue weighted by Crippen LogP contribution is -2.12. The van der Waals surface area contributed by atoms with Crippen molar-refractivity contribution in [2.75, 3.05) is 10.2 Å². The fourth-order valence-electron chi connectivity index (χ4n) is 7.11. The van der Waals surface area contributed by atoms with Gasteiger partial charge in [0.05, 0.1) is 11.4 Å². The Morgan fingerprint density at radius 3 is 1.94 bits per heavy atom. The molecule has 3 heterocycles. The van der Waals surface area contributed by atoms with E-state index < -0.39 is 0 Å². The number of para-hydroxylation sites is 2. The van der Waals surface area contributed by atoms with E-state index in [9.17, 15) is 0 Å². The maximum atomic E-state index is 6.08. The summed E-state index contributed by atoms with van der Waals surface area (Å²) in [5, 5.41) is 8.37. The molecule has 0 radical (unpaired) electrons. The van der Waals surface area contributed by atoms with Gasteiger partial charge < -0.3 is 14.6 Å².